The van der Waals surface area contributed by atoms with Gasteiger partial charge in [-0.3, -0.25) is 0 Å². The molecule has 27 heavy (non-hydrogen) atoms. The van der Waals surface area contributed by atoms with Crippen LogP contribution in [0.4, 0.5) is 0 Å². The molecule has 0 spiro atoms. The van der Waals surface area contributed by atoms with E-state index >= 15 is 0 Å². The smallest absolute Gasteiger partial charge is 0.190 e. The Kier molecular flexibility index (Phi) is 5.71. The van der Waals surface area contributed by atoms with Crippen molar-refractivity contribution in [1.29, 1.82) is 0 Å². The Bertz CT molecular complexity index is 812. The van der Waals surface area contributed by atoms with Crippen LogP contribution in [0.5, 0.6) is 0 Å². The third-order valence-electron chi connectivity index (χ3n) is 6.02. The zero-order valence-electron chi connectivity index (χ0n) is 15.6. The first-order valence-electron chi connectivity index (χ1n) is 9.34. The summed E-state index contributed by atoms with van der Waals surface area (Å²) < 4.78 is 0.874. The molecule has 2 nitrogen and oxygen atoms in total. The molecular weight excluding hydrogens is 354 g/mol. The minimum atomic E-state index is -0.759. The van der Waals surface area contributed by atoms with Gasteiger partial charge in [0.2, 0.25) is 0 Å². The van der Waals surface area contributed by atoms with E-state index in [-0.39, 0.29) is 18.4 Å². The van der Waals surface area contributed by atoms with Crippen molar-refractivity contribution in [1.82, 2.24) is 0 Å². The van der Waals surface area contributed by atoms with E-state index in [0.29, 0.717) is 0 Å². The van der Waals surface area contributed by atoms with Crippen molar-refractivity contribution in [3.8, 4) is 0 Å². The van der Waals surface area contributed by atoms with Crippen LogP contribution in [0.25, 0.3) is 0 Å². The summed E-state index contributed by atoms with van der Waals surface area (Å²) >= 11 is 0. The average molecular weight is 380 g/mol. The van der Waals surface area contributed by atoms with E-state index in [9.17, 15) is 5.11 Å². The van der Waals surface area contributed by atoms with Gasteiger partial charge >= 0.3 is 0 Å². The molecular formula is C24H26ClNO. The van der Waals surface area contributed by atoms with Crippen molar-refractivity contribution in [2.45, 2.75) is 31.7 Å². The highest BCUT2D eigenvalue weighted by molar-refractivity contribution is 5.27. The van der Waals surface area contributed by atoms with Crippen molar-refractivity contribution in [3.63, 3.8) is 0 Å². The topological polar surface area (TPSA) is 20.2 Å². The summed E-state index contributed by atoms with van der Waals surface area (Å²) in [6, 6.07) is 31.6. The maximum atomic E-state index is 11.4. The molecule has 1 fully saturated rings. The quantitative estimate of drug-likeness (QED) is 0.666. The summed E-state index contributed by atoms with van der Waals surface area (Å²) in [7, 11) is 0. The monoisotopic (exact) mass is 379 g/mol. The summed E-state index contributed by atoms with van der Waals surface area (Å²) in [6.45, 7) is 4.81. The standard InChI is InChI=1S/C24H26NO.ClH/c1-20-24(26,23-15-9-4-10-16-23)19-25(20,17-21-11-5-2-6-12-21)18-22-13-7-3-8-14-22;/h2-16,20,26H,17-19H2,1H3;1H/q+1;/p-1/t20-,24-;/m0./s1. The Morgan fingerprint density at radius 3 is 1.59 bits per heavy atom. The van der Waals surface area contributed by atoms with E-state index in [1.165, 1.54) is 11.1 Å². The number of hydrogen-bond donors (Lipinski definition) is 1. The van der Waals surface area contributed by atoms with E-state index in [2.05, 4.69) is 79.7 Å². The van der Waals surface area contributed by atoms with Gasteiger partial charge in [0, 0.05) is 11.1 Å². The van der Waals surface area contributed by atoms with Crippen LogP contribution in [-0.2, 0) is 18.7 Å². The Morgan fingerprint density at radius 2 is 1.19 bits per heavy atom. The molecule has 1 N–H and O–H groups in total. The molecule has 3 aromatic carbocycles. The number of benzene rings is 3. The zero-order valence-corrected chi connectivity index (χ0v) is 16.4. The fourth-order valence-corrected chi connectivity index (χ4v) is 4.48. The van der Waals surface area contributed by atoms with E-state index in [0.717, 1.165) is 29.7 Å². The SMILES string of the molecule is C[C@H]1[C@](O)(c2ccccc2)C[N+]1(Cc1ccccc1)Cc1ccccc1.[Cl-]. The Balaban J connectivity index is 0.00000210. The van der Waals surface area contributed by atoms with Crippen molar-refractivity contribution in [2.24, 2.45) is 0 Å². The third-order valence-corrected chi connectivity index (χ3v) is 6.02. The van der Waals surface area contributed by atoms with E-state index in [1.54, 1.807) is 0 Å². The molecule has 140 valence electrons. The normalized spacial score (nSPS) is 23.1. The second kappa shape index (κ2) is 7.85. The van der Waals surface area contributed by atoms with Crippen LogP contribution in [0.15, 0.2) is 91.0 Å². The molecule has 3 heteroatoms. The molecule has 0 unspecified atom stereocenters. The summed E-state index contributed by atoms with van der Waals surface area (Å²) in [6.07, 6.45) is 0. The van der Waals surface area contributed by atoms with Gasteiger partial charge in [-0.25, -0.2) is 0 Å². The molecule has 0 saturated carbocycles. The molecule has 0 radical (unpaired) electrons. The number of nitrogens with zero attached hydrogens (tertiary/aromatic N) is 1. The van der Waals surface area contributed by atoms with Crippen LogP contribution in [0, 0.1) is 0 Å². The molecule has 1 saturated heterocycles. The Morgan fingerprint density at radius 1 is 0.778 bits per heavy atom. The van der Waals surface area contributed by atoms with Crippen LogP contribution < -0.4 is 12.4 Å². The van der Waals surface area contributed by atoms with Gasteiger partial charge in [-0.2, -0.15) is 0 Å². The first-order chi connectivity index (χ1) is 12.6. The number of halogens is 1. The number of hydrogen-bond acceptors (Lipinski definition) is 1. The lowest BCUT2D eigenvalue weighted by Gasteiger charge is -2.60. The minimum absolute atomic E-state index is 0. The van der Waals surface area contributed by atoms with E-state index < -0.39 is 5.60 Å². The fourth-order valence-electron chi connectivity index (χ4n) is 4.48. The molecule has 3 aromatic rings. The molecule has 0 amide bonds. The maximum absolute atomic E-state index is 11.4. The zero-order chi connectivity index (χ0) is 18.0. The van der Waals surface area contributed by atoms with Gasteiger partial charge in [0.1, 0.15) is 25.7 Å². The molecule has 4 rings (SSSR count). The summed E-state index contributed by atoms with van der Waals surface area (Å²) in [5, 5.41) is 11.4. The Hall–Kier alpha value is -2.13. The maximum Gasteiger partial charge on any atom is 0.190 e. The van der Waals surface area contributed by atoms with Gasteiger partial charge in [-0.1, -0.05) is 91.0 Å². The first kappa shape index (κ1) is 19.6. The Labute approximate surface area is 168 Å². The molecule has 0 aromatic heterocycles. The second-order valence-electron chi connectivity index (χ2n) is 7.63. The predicted octanol–water partition coefficient (Wildman–Crippen LogP) is 1.50. The number of quaternary nitrogens is 1. The minimum Gasteiger partial charge on any atom is -1.00 e. The molecule has 0 aliphatic carbocycles. The van der Waals surface area contributed by atoms with E-state index in [1.807, 2.05) is 18.2 Å². The first-order valence-corrected chi connectivity index (χ1v) is 9.34. The molecule has 1 aliphatic heterocycles. The molecule has 0 bridgehead atoms. The van der Waals surface area contributed by atoms with Crippen LogP contribution in [0.2, 0.25) is 0 Å². The van der Waals surface area contributed by atoms with Crippen molar-refractivity contribution in [2.75, 3.05) is 6.54 Å². The highest BCUT2D eigenvalue weighted by Gasteiger charge is 2.62. The van der Waals surface area contributed by atoms with Crippen molar-refractivity contribution in [3.05, 3.63) is 108 Å². The predicted molar refractivity (Wildman–Crippen MR) is 105 cm³/mol. The average Bonchev–Trinajstić information content (AvgIpc) is 2.70. The summed E-state index contributed by atoms with van der Waals surface area (Å²) in [5.41, 5.74) is 2.92. The number of rotatable bonds is 5. The van der Waals surface area contributed by atoms with Gasteiger partial charge in [-0.05, 0) is 12.5 Å². The van der Waals surface area contributed by atoms with Crippen LogP contribution >= 0.6 is 0 Å². The molecule has 1 heterocycles. The van der Waals surface area contributed by atoms with Gasteiger partial charge in [0.25, 0.3) is 0 Å². The summed E-state index contributed by atoms with van der Waals surface area (Å²) in [4.78, 5) is 0. The third kappa shape index (κ3) is 3.66. The molecule has 2 atom stereocenters. The second-order valence-corrected chi connectivity index (χ2v) is 7.63. The lowest BCUT2D eigenvalue weighted by molar-refractivity contribution is -1.03. The number of aliphatic hydroxyl groups is 1. The molecule has 1 aliphatic rings. The van der Waals surface area contributed by atoms with Crippen LogP contribution in [0.1, 0.15) is 23.6 Å². The van der Waals surface area contributed by atoms with Crippen LogP contribution in [-0.4, -0.2) is 22.2 Å². The largest absolute Gasteiger partial charge is 1.00 e. The van der Waals surface area contributed by atoms with E-state index in [4.69, 9.17) is 0 Å². The fraction of sp³-hybridized carbons (Fsp3) is 0.250. The summed E-state index contributed by atoms with van der Waals surface area (Å²) in [5.74, 6) is 0. The van der Waals surface area contributed by atoms with Gasteiger partial charge in [0.05, 0.1) is 0 Å². The lowest BCUT2D eigenvalue weighted by Crippen LogP contribution is -3.00. The van der Waals surface area contributed by atoms with Gasteiger partial charge < -0.3 is 22.0 Å². The van der Waals surface area contributed by atoms with Gasteiger partial charge in [-0.15, -0.1) is 0 Å². The number of likely N-dealkylation sites (tertiary alicyclic amines) is 1. The highest BCUT2D eigenvalue weighted by atomic mass is 35.5. The van der Waals surface area contributed by atoms with Crippen molar-refractivity contribution >= 4 is 0 Å². The van der Waals surface area contributed by atoms with Crippen LogP contribution in [0.3, 0.4) is 0 Å². The van der Waals surface area contributed by atoms with Gasteiger partial charge in [0.15, 0.2) is 5.60 Å². The van der Waals surface area contributed by atoms with Crippen molar-refractivity contribution < 1.29 is 22.0 Å². The highest BCUT2D eigenvalue weighted by Crippen LogP contribution is 2.47. The lowest BCUT2D eigenvalue weighted by atomic mass is 9.74.